The fourth-order valence-electron chi connectivity index (χ4n) is 2.09. The molecule has 19 heavy (non-hydrogen) atoms. The number of aryl methyl sites for hydroxylation is 2. The minimum atomic E-state index is 0.817. The van der Waals surface area contributed by atoms with Crippen molar-refractivity contribution in [3.8, 4) is 0 Å². The van der Waals surface area contributed by atoms with Gasteiger partial charge in [0.1, 0.15) is 12.2 Å². The Morgan fingerprint density at radius 1 is 1.42 bits per heavy atom. The van der Waals surface area contributed by atoms with Crippen molar-refractivity contribution < 1.29 is 0 Å². The molecule has 3 heterocycles. The Morgan fingerprint density at radius 3 is 3.11 bits per heavy atom. The van der Waals surface area contributed by atoms with E-state index in [9.17, 15) is 0 Å². The molecule has 0 unspecified atom stereocenters. The van der Waals surface area contributed by atoms with E-state index < -0.39 is 0 Å². The summed E-state index contributed by atoms with van der Waals surface area (Å²) in [5, 5.41) is 10.1. The number of thiazole rings is 1. The van der Waals surface area contributed by atoms with E-state index >= 15 is 0 Å². The Balaban J connectivity index is 1.63. The quantitative estimate of drug-likeness (QED) is 0.692. The van der Waals surface area contributed by atoms with Gasteiger partial charge in [0.15, 0.2) is 4.96 Å². The van der Waals surface area contributed by atoms with Crippen LogP contribution in [0, 0.1) is 13.8 Å². The molecule has 0 bridgehead atoms. The summed E-state index contributed by atoms with van der Waals surface area (Å²) < 4.78 is 2.18. The monoisotopic (exact) mass is 276 g/mol. The summed E-state index contributed by atoms with van der Waals surface area (Å²) in [5.74, 6) is 0.911. The number of H-pyrrole nitrogens is 1. The molecule has 0 aliphatic heterocycles. The zero-order chi connectivity index (χ0) is 13.2. The van der Waals surface area contributed by atoms with Gasteiger partial charge < -0.3 is 5.32 Å². The number of fused-ring (bicyclic) bond motifs is 1. The SMILES string of the molecule is Cc1cn2c(CNCCc3ncn[nH]3)c(C)nc2s1. The molecule has 0 fully saturated rings. The molecule has 3 aromatic rings. The summed E-state index contributed by atoms with van der Waals surface area (Å²) >= 11 is 1.73. The van der Waals surface area contributed by atoms with Gasteiger partial charge in [-0.3, -0.25) is 9.50 Å². The molecule has 0 saturated carbocycles. The van der Waals surface area contributed by atoms with Gasteiger partial charge in [-0.1, -0.05) is 0 Å². The number of hydrogen-bond donors (Lipinski definition) is 2. The van der Waals surface area contributed by atoms with E-state index in [0.29, 0.717) is 0 Å². The molecule has 0 aliphatic rings. The summed E-state index contributed by atoms with van der Waals surface area (Å²) in [6, 6.07) is 0. The predicted molar refractivity (Wildman–Crippen MR) is 74.3 cm³/mol. The number of aromatic amines is 1. The molecule has 0 aromatic carbocycles. The van der Waals surface area contributed by atoms with Crippen molar-refractivity contribution in [2.75, 3.05) is 6.54 Å². The molecule has 0 saturated heterocycles. The highest BCUT2D eigenvalue weighted by Gasteiger charge is 2.10. The van der Waals surface area contributed by atoms with E-state index in [1.54, 1.807) is 11.3 Å². The van der Waals surface area contributed by atoms with Crippen LogP contribution >= 0.6 is 11.3 Å². The zero-order valence-electron chi connectivity index (χ0n) is 11.0. The first kappa shape index (κ1) is 12.3. The number of aromatic nitrogens is 5. The average Bonchev–Trinajstić information content (AvgIpc) is 3.03. The van der Waals surface area contributed by atoms with Crippen molar-refractivity contribution in [2.24, 2.45) is 0 Å². The van der Waals surface area contributed by atoms with Gasteiger partial charge in [0.25, 0.3) is 0 Å². The largest absolute Gasteiger partial charge is 0.311 e. The molecule has 0 radical (unpaired) electrons. The topological polar surface area (TPSA) is 70.9 Å². The normalized spacial score (nSPS) is 11.5. The second kappa shape index (κ2) is 5.10. The van der Waals surface area contributed by atoms with Crippen molar-refractivity contribution in [3.63, 3.8) is 0 Å². The molecule has 0 atom stereocenters. The average molecular weight is 276 g/mol. The summed E-state index contributed by atoms with van der Waals surface area (Å²) in [6.45, 7) is 5.85. The van der Waals surface area contributed by atoms with E-state index in [2.05, 4.69) is 49.9 Å². The highest BCUT2D eigenvalue weighted by atomic mass is 32.1. The number of nitrogens with one attached hydrogen (secondary N) is 2. The van der Waals surface area contributed by atoms with E-state index in [1.807, 2.05) is 0 Å². The van der Waals surface area contributed by atoms with Crippen LogP contribution in [-0.4, -0.2) is 31.1 Å². The van der Waals surface area contributed by atoms with Crippen LogP contribution in [0.3, 0.4) is 0 Å². The maximum absolute atomic E-state index is 4.58. The van der Waals surface area contributed by atoms with Crippen molar-refractivity contribution in [1.82, 2.24) is 29.9 Å². The van der Waals surface area contributed by atoms with E-state index in [-0.39, 0.29) is 0 Å². The molecule has 0 spiro atoms. The van der Waals surface area contributed by atoms with Crippen molar-refractivity contribution >= 4 is 16.3 Å². The Hall–Kier alpha value is -1.73. The van der Waals surface area contributed by atoms with Gasteiger partial charge in [-0.15, -0.1) is 11.3 Å². The molecule has 6 nitrogen and oxygen atoms in total. The van der Waals surface area contributed by atoms with Crippen LogP contribution in [0.5, 0.6) is 0 Å². The molecular weight excluding hydrogens is 260 g/mol. The second-order valence-electron chi connectivity index (χ2n) is 4.50. The number of nitrogens with zero attached hydrogens (tertiary/aromatic N) is 4. The Bertz CT molecular complexity index is 666. The molecule has 0 amide bonds. The minimum Gasteiger partial charge on any atom is -0.311 e. The van der Waals surface area contributed by atoms with Gasteiger partial charge >= 0.3 is 0 Å². The zero-order valence-corrected chi connectivity index (χ0v) is 11.8. The molecule has 100 valence electrons. The lowest BCUT2D eigenvalue weighted by Crippen LogP contribution is -2.18. The van der Waals surface area contributed by atoms with Gasteiger partial charge in [0.05, 0.1) is 11.4 Å². The third kappa shape index (κ3) is 2.52. The first-order chi connectivity index (χ1) is 9.24. The Kier molecular flexibility index (Phi) is 3.31. The minimum absolute atomic E-state index is 0.817. The van der Waals surface area contributed by atoms with Crippen LogP contribution < -0.4 is 5.32 Å². The maximum Gasteiger partial charge on any atom is 0.194 e. The molecule has 7 heteroatoms. The molecular formula is C12H16N6S. The third-order valence-electron chi connectivity index (χ3n) is 3.04. The predicted octanol–water partition coefficient (Wildman–Crippen LogP) is 1.46. The molecule has 3 aromatic heterocycles. The van der Waals surface area contributed by atoms with E-state index in [4.69, 9.17) is 0 Å². The van der Waals surface area contributed by atoms with Gasteiger partial charge in [0, 0.05) is 30.6 Å². The summed E-state index contributed by atoms with van der Waals surface area (Å²) in [5.41, 5.74) is 2.33. The fourth-order valence-corrected chi connectivity index (χ4v) is 2.98. The summed E-state index contributed by atoms with van der Waals surface area (Å²) in [4.78, 5) is 11.0. The van der Waals surface area contributed by atoms with Crippen LogP contribution in [0.4, 0.5) is 0 Å². The number of rotatable bonds is 5. The summed E-state index contributed by atoms with van der Waals surface area (Å²) in [7, 11) is 0. The van der Waals surface area contributed by atoms with Crippen LogP contribution in [0.15, 0.2) is 12.5 Å². The van der Waals surface area contributed by atoms with Crippen LogP contribution in [0.1, 0.15) is 22.1 Å². The van der Waals surface area contributed by atoms with Gasteiger partial charge in [0.2, 0.25) is 0 Å². The van der Waals surface area contributed by atoms with E-state index in [1.165, 1.54) is 16.9 Å². The third-order valence-corrected chi connectivity index (χ3v) is 3.93. The molecule has 3 rings (SSSR count). The smallest absolute Gasteiger partial charge is 0.194 e. The highest BCUT2D eigenvalue weighted by Crippen LogP contribution is 2.20. The lowest BCUT2D eigenvalue weighted by molar-refractivity contribution is 0.656. The number of imidazole rings is 1. The first-order valence-electron chi connectivity index (χ1n) is 6.23. The van der Waals surface area contributed by atoms with Crippen LogP contribution in [0.2, 0.25) is 0 Å². The Labute approximate surface area is 114 Å². The van der Waals surface area contributed by atoms with E-state index in [0.717, 1.165) is 36.0 Å². The van der Waals surface area contributed by atoms with Crippen molar-refractivity contribution in [1.29, 1.82) is 0 Å². The maximum atomic E-state index is 4.58. The highest BCUT2D eigenvalue weighted by molar-refractivity contribution is 7.17. The standard InChI is InChI=1S/C12H16N6S/c1-8-6-18-10(9(2)16-12(18)19-8)5-13-4-3-11-14-7-15-17-11/h6-7,13H,3-5H2,1-2H3,(H,14,15,17). The van der Waals surface area contributed by atoms with Crippen molar-refractivity contribution in [3.05, 3.63) is 34.6 Å². The van der Waals surface area contributed by atoms with Gasteiger partial charge in [-0.25, -0.2) is 9.97 Å². The van der Waals surface area contributed by atoms with Crippen molar-refractivity contribution in [2.45, 2.75) is 26.8 Å². The second-order valence-corrected chi connectivity index (χ2v) is 5.71. The lowest BCUT2D eigenvalue weighted by Gasteiger charge is -2.03. The van der Waals surface area contributed by atoms with Crippen LogP contribution in [-0.2, 0) is 13.0 Å². The fraction of sp³-hybridized carbons (Fsp3) is 0.417. The molecule has 0 aliphatic carbocycles. The lowest BCUT2D eigenvalue weighted by atomic mass is 10.3. The molecule has 2 N–H and O–H groups in total. The first-order valence-corrected chi connectivity index (χ1v) is 7.04. The number of hydrogen-bond acceptors (Lipinski definition) is 5. The van der Waals surface area contributed by atoms with Gasteiger partial charge in [-0.05, 0) is 13.8 Å². The van der Waals surface area contributed by atoms with Crippen LogP contribution in [0.25, 0.3) is 4.96 Å². The Morgan fingerprint density at radius 2 is 2.32 bits per heavy atom. The van der Waals surface area contributed by atoms with Gasteiger partial charge in [-0.2, -0.15) is 5.10 Å². The summed E-state index contributed by atoms with van der Waals surface area (Å²) in [6.07, 6.45) is 4.53.